The van der Waals surface area contributed by atoms with Crippen LogP contribution in [0.1, 0.15) is 21.5 Å². The summed E-state index contributed by atoms with van der Waals surface area (Å²) in [4.78, 5) is 12.5. The van der Waals surface area contributed by atoms with E-state index in [9.17, 15) is 4.79 Å². The van der Waals surface area contributed by atoms with Crippen molar-refractivity contribution in [2.45, 2.75) is 20.0 Å². The standard InChI is InChI=1S/C23H21N2O/c1-18-7-9-20(10-8-18)23(26)17-24-12-11-21-14-25(16-22(21)15-24)13-19-5-3-2-4-6-19/h2-12,14-16H,13,17H2,1H3/q+1. The second-order valence-electron chi connectivity index (χ2n) is 6.73. The normalized spacial score (nSPS) is 11.0. The van der Waals surface area contributed by atoms with Crippen LogP contribution in [0, 0.1) is 6.92 Å². The zero-order valence-corrected chi connectivity index (χ0v) is 14.8. The fourth-order valence-electron chi connectivity index (χ4n) is 3.17. The molecular weight excluding hydrogens is 320 g/mol. The Morgan fingerprint density at radius 1 is 0.923 bits per heavy atom. The largest absolute Gasteiger partial charge is 0.348 e. The van der Waals surface area contributed by atoms with E-state index in [2.05, 4.69) is 47.3 Å². The second kappa shape index (κ2) is 6.96. The van der Waals surface area contributed by atoms with Gasteiger partial charge in [0, 0.05) is 36.0 Å². The Morgan fingerprint density at radius 3 is 2.42 bits per heavy atom. The van der Waals surface area contributed by atoms with Gasteiger partial charge in [-0.1, -0.05) is 60.2 Å². The minimum atomic E-state index is 0.123. The number of hydrogen-bond donors (Lipinski definition) is 0. The second-order valence-corrected chi connectivity index (χ2v) is 6.73. The van der Waals surface area contributed by atoms with Crippen LogP contribution in [0.2, 0.25) is 0 Å². The van der Waals surface area contributed by atoms with Gasteiger partial charge in [-0.15, -0.1) is 0 Å². The van der Waals surface area contributed by atoms with Gasteiger partial charge in [0.15, 0.2) is 12.4 Å². The molecule has 3 nitrogen and oxygen atoms in total. The molecule has 0 unspecified atom stereocenters. The van der Waals surface area contributed by atoms with Crippen LogP contribution >= 0.6 is 0 Å². The van der Waals surface area contributed by atoms with E-state index in [1.165, 1.54) is 10.9 Å². The van der Waals surface area contributed by atoms with Gasteiger partial charge < -0.3 is 4.57 Å². The Morgan fingerprint density at radius 2 is 1.65 bits per heavy atom. The monoisotopic (exact) mass is 341 g/mol. The predicted octanol–water partition coefficient (Wildman–Crippen LogP) is 4.17. The van der Waals surface area contributed by atoms with Gasteiger partial charge in [0.05, 0.1) is 5.39 Å². The molecule has 0 saturated heterocycles. The van der Waals surface area contributed by atoms with Crippen molar-refractivity contribution in [3.8, 4) is 0 Å². The highest BCUT2D eigenvalue weighted by atomic mass is 16.1. The van der Waals surface area contributed by atoms with Crippen molar-refractivity contribution in [2.75, 3.05) is 0 Å². The molecule has 4 rings (SSSR count). The minimum Gasteiger partial charge on any atom is -0.348 e. The zero-order chi connectivity index (χ0) is 17.9. The van der Waals surface area contributed by atoms with E-state index < -0.39 is 0 Å². The summed E-state index contributed by atoms with van der Waals surface area (Å²) in [7, 11) is 0. The first-order chi connectivity index (χ1) is 12.7. The number of carbonyl (C=O) groups is 1. The number of benzene rings is 2. The van der Waals surface area contributed by atoms with Crippen molar-refractivity contribution in [1.29, 1.82) is 0 Å². The molecule has 2 aromatic carbocycles. The summed E-state index contributed by atoms with van der Waals surface area (Å²) in [5, 5.41) is 2.32. The summed E-state index contributed by atoms with van der Waals surface area (Å²) in [6.45, 7) is 3.22. The van der Waals surface area contributed by atoms with Crippen LogP contribution in [0.25, 0.3) is 10.8 Å². The molecule has 0 amide bonds. The number of nitrogens with zero attached hydrogens (tertiary/aromatic N) is 2. The topological polar surface area (TPSA) is 25.9 Å². The Labute approximate surface area is 153 Å². The number of aromatic nitrogens is 2. The first-order valence-corrected chi connectivity index (χ1v) is 8.80. The highest BCUT2D eigenvalue weighted by molar-refractivity contribution is 5.95. The Bertz CT molecular complexity index is 1050. The third-order valence-corrected chi connectivity index (χ3v) is 4.60. The maximum absolute atomic E-state index is 12.5. The lowest BCUT2D eigenvalue weighted by atomic mass is 10.1. The van der Waals surface area contributed by atoms with Crippen LogP contribution in [-0.4, -0.2) is 10.4 Å². The van der Waals surface area contributed by atoms with Crippen LogP contribution in [-0.2, 0) is 13.1 Å². The van der Waals surface area contributed by atoms with Crippen LogP contribution in [0.3, 0.4) is 0 Å². The number of Topliss-reactive ketones (excluding diaryl/α,β-unsaturated/α-hetero) is 1. The van der Waals surface area contributed by atoms with Gasteiger partial charge in [-0.3, -0.25) is 4.79 Å². The number of carbonyl (C=O) groups excluding carboxylic acids is 1. The summed E-state index contributed by atoms with van der Waals surface area (Å²) in [6.07, 6.45) is 8.30. The fraction of sp³-hybridized carbons (Fsp3) is 0.130. The third-order valence-electron chi connectivity index (χ3n) is 4.60. The zero-order valence-electron chi connectivity index (χ0n) is 14.8. The summed E-state index contributed by atoms with van der Waals surface area (Å²) >= 11 is 0. The minimum absolute atomic E-state index is 0.123. The van der Waals surface area contributed by atoms with Gasteiger partial charge >= 0.3 is 0 Å². The van der Waals surface area contributed by atoms with Gasteiger partial charge in [-0.05, 0) is 12.5 Å². The number of pyridine rings is 1. The molecule has 2 aromatic heterocycles. The van der Waals surface area contributed by atoms with Crippen LogP contribution in [0.15, 0.2) is 85.5 Å². The van der Waals surface area contributed by atoms with E-state index in [1.807, 2.05) is 54.2 Å². The van der Waals surface area contributed by atoms with Gasteiger partial charge in [0.2, 0.25) is 12.3 Å². The summed E-state index contributed by atoms with van der Waals surface area (Å²) in [6, 6.07) is 20.2. The molecule has 128 valence electrons. The van der Waals surface area contributed by atoms with Crippen LogP contribution < -0.4 is 4.57 Å². The lowest BCUT2D eigenvalue weighted by Crippen LogP contribution is -2.37. The van der Waals surface area contributed by atoms with Crippen LogP contribution in [0.5, 0.6) is 0 Å². The fourth-order valence-corrected chi connectivity index (χ4v) is 3.17. The molecule has 4 aromatic rings. The van der Waals surface area contributed by atoms with Gasteiger partial charge in [-0.25, -0.2) is 0 Å². The molecule has 26 heavy (non-hydrogen) atoms. The van der Waals surface area contributed by atoms with E-state index >= 15 is 0 Å². The number of hydrogen-bond acceptors (Lipinski definition) is 1. The van der Waals surface area contributed by atoms with Crippen molar-refractivity contribution in [1.82, 2.24) is 4.57 Å². The first-order valence-electron chi connectivity index (χ1n) is 8.80. The molecule has 0 radical (unpaired) electrons. The molecule has 0 bridgehead atoms. The smallest absolute Gasteiger partial charge is 0.227 e. The molecule has 0 spiro atoms. The maximum atomic E-state index is 12.5. The molecule has 2 heterocycles. The Balaban J connectivity index is 1.53. The van der Waals surface area contributed by atoms with E-state index in [4.69, 9.17) is 0 Å². The molecule has 0 aliphatic heterocycles. The number of aryl methyl sites for hydroxylation is 1. The molecule has 0 saturated carbocycles. The molecular formula is C23H21N2O+. The van der Waals surface area contributed by atoms with Gasteiger partial charge in [0.1, 0.15) is 0 Å². The predicted molar refractivity (Wildman–Crippen MR) is 103 cm³/mol. The summed E-state index contributed by atoms with van der Waals surface area (Å²) in [5.74, 6) is 0.123. The van der Waals surface area contributed by atoms with Gasteiger partial charge in [-0.2, -0.15) is 4.57 Å². The average molecular weight is 341 g/mol. The van der Waals surface area contributed by atoms with Crippen molar-refractivity contribution in [3.63, 3.8) is 0 Å². The number of ketones is 1. The number of rotatable bonds is 5. The molecule has 0 aliphatic carbocycles. The van der Waals surface area contributed by atoms with E-state index in [1.54, 1.807) is 0 Å². The van der Waals surface area contributed by atoms with Crippen molar-refractivity contribution in [3.05, 3.63) is 102 Å². The lowest BCUT2D eigenvalue weighted by molar-refractivity contribution is -0.681. The van der Waals surface area contributed by atoms with Crippen molar-refractivity contribution < 1.29 is 9.36 Å². The summed E-state index contributed by atoms with van der Waals surface area (Å²) in [5.41, 5.74) is 3.19. The highest BCUT2D eigenvalue weighted by Gasteiger charge is 2.13. The summed E-state index contributed by atoms with van der Waals surface area (Å²) < 4.78 is 4.14. The Kier molecular flexibility index (Phi) is 4.36. The van der Waals surface area contributed by atoms with E-state index in [-0.39, 0.29) is 5.78 Å². The van der Waals surface area contributed by atoms with E-state index in [0.29, 0.717) is 6.54 Å². The highest BCUT2D eigenvalue weighted by Crippen LogP contribution is 2.14. The molecule has 0 atom stereocenters. The van der Waals surface area contributed by atoms with Crippen LogP contribution in [0.4, 0.5) is 0 Å². The third kappa shape index (κ3) is 3.57. The molecule has 0 aliphatic rings. The average Bonchev–Trinajstić information content (AvgIpc) is 3.04. The molecule has 0 fully saturated rings. The van der Waals surface area contributed by atoms with Gasteiger partial charge in [0.25, 0.3) is 0 Å². The molecule has 3 heteroatoms. The molecule has 0 N–H and O–H groups in total. The SMILES string of the molecule is Cc1ccc(C(=O)C[n+]2ccc3cn(Cc4ccccc4)cc3c2)cc1. The van der Waals surface area contributed by atoms with Crippen molar-refractivity contribution in [2.24, 2.45) is 0 Å². The maximum Gasteiger partial charge on any atom is 0.227 e. The lowest BCUT2D eigenvalue weighted by Gasteiger charge is -2.01. The quantitative estimate of drug-likeness (QED) is 0.395. The number of fused-ring (bicyclic) bond motifs is 1. The Hall–Kier alpha value is -3.20. The van der Waals surface area contributed by atoms with Crippen molar-refractivity contribution >= 4 is 16.6 Å². The van der Waals surface area contributed by atoms with E-state index in [0.717, 1.165) is 23.1 Å². The first kappa shape index (κ1) is 16.3.